The van der Waals surface area contributed by atoms with E-state index < -0.39 is 23.7 Å². The van der Waals surface area contributed by atoms with Crippen molar-refractivity contribution in [3.8, 4) is 5.75 Å². The average molecular weight is 452 g/mol. The monoisotopic (exact) mass is 452 g/mol. The van der Waals surface area contributed by atoms with Gasteiger partial charge in [-0.3, -0.25) is 15.1 Å². The molecule has 0 saturated carbocycles. The number of anilines is 2. The summed E-state index contributed by atoms with van der Waals surface area (Å²) in [7, 11) is 1.48. The third-order valence-corrected chi connectivity index (χ3v) is 4.59. The van der Waals surface area contributed by atoms with E-state index in [-0.39, 0.29) is 24.7 Å². The van der Waals surface area contributed by atoms with Crippen molar-refractivity contribution in [1.82, 2.24) is 20.3 Å². The summed E-state index contributed by atoms with van der Waals surface area (Å²) >= 11 is 0. The summed E-state index contributed by atoms with van der Waals surface area (Å²) in [5, 5.41) is 17.1. The maximum absolute atomic E-state index is 12.5. The van der Waals surface area contributed by atoms with Crippen molar-refractivity contribution in [3.05, 3.63) is 76.0 Å². The fourth-order valence-electron chi connectivity index (χ4n) is 3.14. The molecule has 3 aromatic rings. The first kappa shape index (κ1) is 23.4. The standard InChI is InChI=1S/C22H24N6O5/c1-13-6-5-7-14(12-13)18(23-11-10-17(29)30)19-25-20(28-22(32)26-19)27-21(31)24-15-8-3-4-9-16(15)33-2/h3-9,12,18,23H,10-11H2,1-2H3,(H,29,30)(H3,24,25,26,27,28,31,32). The molecule has 5 N–H and O–H groups in total. The largest absolute Gasteiger partial charge is 0.495 e. The van der Waals surface area contributed by atoms with Gasteiger partial charge in [0.15, 0.2) is 0 Å². The molecule has 0 aliphatic carbocycles. The molecule has 1 aromatic heterocycles. The predicted octanol–water partition coefficient (Wildman–Crippen LogP) is 2.28. The highest BCUT2D eigenvalue weighted by molar-refractivity contribution is 5.99. The summed E-state index contributed by atoms with van der Waals surface area (Å²) in [4.78, 5) is 46.2. The van der Waals surface area contributed by atoms with E-state index in [0.29, 0.717) is 11.4 Å². The third-order valence-electron chi connectivity index (χ3n) is 4.59. The van der Waals surface area contributed by atoms with Crippen LogP contribution in [0.25, 0.3) is 0 Å². The van der Waals surface area contributed by atoms with Crippen LogP contribution in [-0.2, 0) is 4.79 Å². The van der Waals surface area contributed by atoms with Crippen LogP contribution in [0.15, 0.2) is 53.3 Å². The molecule has 2 amide bonds. The number of amides is 2. The van der Waals surface area contributed by atoms with Crippen molar-refractivity contribution in [1.29, 1.82) is 0 Å². The SMILES string of the molecule is COc1ccccc1NC(=O)Nc1nc(C(NCCC(=O)O)c2cccc(C)c2)[nH]c(=O)n1. The van der Waals surface area contributed by atoms with Gasteiger partial charge in [-0.05, 0) is 24.6 Å². The number of methoxy groups -OCH3 is 1. The molecule has 0 aliphatic heterocycles. The number of carbonyl (C=O) groups excluding carboxylic acids is 1. The number of ether oxygens (including phenoxy) is 1. The molecule has 1 atom stereocenters. The smallest absolute Gasteiger partial charge is 0.349 e. The maximum atomic E-state index is 12.5. The summed E-state index contributed by atoms with van der Waals surface area (Å²) in [6.45, 7) is 2.05. The minimum absolute atomic E-state index is 0.121. The molecular formula is C22H24N6O5. The van der Waals surface area contributed by atoms with E-state index >= 15 is 0 Å². The van der Waals surface area contributed by atoms with Crippen molar-refractivity contribution in [2.24, 2.45) is 0 Å². The lowest BCUT2D eigenvalue weighted by atomic mass is 10.0. The number of rotatable bonds is 9. The highest BCUT2D eigenvalue weighted by atomic mass is 16.5. The highest BCUT2D eigenvalue weighted by Crippen LogP contribution is 2.23. The Morgan fingerprint density at radius 2 is 1.91 bits per heavy atom. The summed E-state index contributed by atoms with van der Waals surface area (Å²) in [6, 6.07) is 13.0. The lowest BCUT2D eigenvalue weighted by Crippen LogP contribution is -2.31. The van der Waals surface area contributed by atoms with Crippen LogP contribution in [-0.4, -0.2) is 45.7 Å². The van der Waals surface area contributed by atoms with Crippen LogP contribution >= 0.6 is 0 Å². The molecule has 0 aliphatic rings. The Hall–Kier alpha value is -4.25. The van der Waals surface area contributed by atoms with Crippen LogP contribution in [0.3, 0.4) is 0 Å². The van der Waals surface area contributed by atoms with Gasteiger partial charge < -0.3 is 20.5 Å². The van der Waals surface area contributed by atoms with E-state index in [4.69, 9.17) is 9.84 Å². The molecule has 0 fully saturated rings. The Labute approximate surface area is 189 Å². The van der Waals surface area contributed by atoms with Crippen LogP contribution in [0.1, 0.15) is 29.4 Å². The van der Waals surface area contributed by atoms with E-state index in [1.165, 1.54) is 7.11 Å². The number of aryl methyl sites for hydroxylation is 1. The van der Waals surface area contributed by atoms with E-state index in [1.54, 1.807) is 24.3 Å². The van der Waals surface area contributed by atoms with Crippen molar-refractivity contribution >= 4 is 23.6 Å². The summed E-state index contributed by atoms with van der Waals surface area (Å²) in [5.41, 5.74) is 1.45. The minimum Gasteiger partial charge on any atom is -0.495 e. The lowest BCUT2D eigenvalue weighted by Gasteiger charge is -2.19. The topological polar surface area (TPSA) is 158 Å². The number of hydrogen-bond donors (Lipinski definition) is 5. The molecule has 11 nitrogen and oxygen atoms in total. The number of aliphatic carboxylic acids is 1. The van der Waals surface area contributed by atoms with Crippen LogP contribution in [0.4, 0.5) is 16.4 Å². The first-order valence-electron chi connectivity index (χ1n) is 10.1. The molecule has 2 aromatic carbocycles. The second kappa shape index (κ2) is 10.9. The molecule has 11 heteroatoms. The number of benzene rings is 2. The fraction of sp³-hybridized carbons (Fsp3) is 0.227. The molecular weight excluding hydrogens is 428 g/mol. The highest BCUT2D eigenvalue weighted by Gasteiger charge is 2.19. The number of aromatic amines is 1. The Morgan fingerprint density at radius 1 is 1.12 bits per heavy atom. The number of carboxylic acids is 1. The van der Waals surface area contributed by atoms with Crippen LogP contribution < -0.4 is 26.4 Å². The number of carboxylic acid groups (broad SMARTS) is 1. The Bertz CT molecular complexity index is 1200. The van der Waals surface area contributed by atoms with E-state index in [1.807, 2.05) is 31.2 Å². The van der Waals surface area contributed by atoms with Gasteiger partial charge in [-0.25, -0.2) is 9.59 Å². The summed E-state index contributed by atoms with van der Waals surface area (Å²) in [6.07, 6.45) is -0.121. The third kappa shape index (κ3) is 6.61. The summed E-state index contributed by atoms with van der Waals surface area (Å²) in [5.74, 6) is -0.531. The Morgan fingerprint density at radius 3 is 2.64 bits per heavy atom. The van der Waals surface area contributed by atoms with E-state index in [9.17, 15) is 14.4 Å². The molecule has 0 saturated heterocycles. The molecule has 33 heavy (non-hydrogen) atoms. The second-order valence-corrected chi connectivity index (χ2v) is 7.09. The van der Waals surface area contributed by atoms with Crippen LogP contribution in [0.2, 0.25) is 0 Å². The number of para-hydroxylation sites is 2. The van der Waals surface area contributed by atoms with Gasteiger partial charge in [0.2, 0.25) is 5.95 Å². The zero-order chi connectivity index (χ0) is 23.8. The molecule has 1 heterocycles. The molecule has 0 bridgehead atoms. The van der Waals surface area contributed by atoms with Crippen LogP contribution in [0.5, 0.6) is 5.75 Å². The van der Waals surface area contributed by atoms with Gasteiger partial charge in [0, 0.05) is 6.54 Å². The molecule has 3 rings (SSSR count). The lowest BCUT2D eigenvalue weighted by molar-refractivity contribution is -0.136. The Kier molecular flexibility index (Phi) is 7.71. The average Bonchev–Trinajstić information content (AvgIpc) is 2.76. The van der Waals surface area contributed by atoms with E-state index in [0.717, 1.165) is 11.1 Å². The molecule has 0 radical (unpaired) electrons. The normalized spacial score (nSPS) is 11.5. The number of carbonyl (C=O) groups is 2. The van der Waals surface area contributed by atoms with E-state index in [2.05, 4.69) is 30.9 Å². The first-order chi connectivity index (χ1) is 15.9. The minimum atomic E-state index is -0.961. The molecule has 0 spiro atoms. The number of aromatic nitrogens is 3. The molecule has 172 valence electrons. The van der Waals surface area contributed by atoms with Crippen LogP contribution in [0, 0.1) is 6.92 Å². The summed E-state index contributed by atoms with van der Waals surface area (Å²) < 4.78 is 5.20. The Balaban J connectivity index is 1.85. The second-order valence-electron chi connectivity index (χ2n) is 7.09. The number of H-pyrrole nitrogens is 1. The number of nitrogens with zero attached hydrogens (tertiary/aromatic N) is 2. The zero-order valence-electron chi connectivity index (χ0n) is 18.1. The van der Waals surface area contributed by atoms with Gasteiger partial charge in [-0.1, -0.05) is 42.0 Å². The molecule has 1 unspecified atom stereocenters. The van der Waals surface area contributed by atoms with Crippen molar-refractivity contribution in [2.45, 2.75) is 19.4 Å². The van der Waals surface area contributed by atoms with Gasteiger partial charge in [0.05, 0.1) is 25.3 Å². The van der Waals surface area contributed by atoms with Gasteiger partial charge >= 0.3 is 17.7 Å². The van der Waals surface area contributed by atoms with Gasteiger partial charge in [0.1, 0.15) is 11.6 Å². The van der Waals surface area contributed by atoms with Gasteiger partial charge in [0.25, 0.3) is 0 Å². The number of nitrogens with one attached hydrogen (secondary N) is 4. The first-order valence-corrected chi connectivity index (χ1v) is 10.1. The van der Waals surface area contributed by atoms with Gasteiger partial charge in [-0.15, -0.1) is 0 Å². The number of urea groups is 1. The van der Waals surface area contributed by atoms with Gasteiger partial charge in [-0.2, -0.15) is 9.97 Å². The number of hydrogen-bond acceptors (Lipinski definition) is 7. The quantitative estimate of drug-likeness (QED) is 0.331. The predicted molar refractivity (Wildman–Crippen MR) is 122 cm³/mol. The van der Waals surface area contributed by atoms with Crippen molar-refractivity contribution < 1.29 is 19.4 Å². The van der Waals surface area contributed by atoms with Crippen molar-refractivity contribution in [2.75, 3.05) is 24.3 Å². The van der Waals surface area contributed by atoms with Crippen molar-refractivity contribution in [3.63, 3.8) is 0 Å². The maximum Gasteiger partial charge on any atom is 0.349 e. The fourth-order valence-corrected chi connectivity index (χ4v) is 3.14. The zero-order valence-corrected chi connectivity index (χ0v) is 18.1.